The van der Waals surface area contributed by atoms with Crippen LogP contribution in [0.1, 0.15) is 29.5 Å². The zero-order chi connectivity index (χ0) is 24.1. The van der Waals surface area contributed by atoms with E-state index in [0.29, 0.717) is 47.7 Å². The molecular formula is C23H23NO9S. The van der Waals surface area contributed by atoms with E-state index in [-0.39, 0.29) is 23.9 Å². The minimum atomic E-state index is -4.02. The standard InChI is InChI=1S/C23H23NO9S/c1-2-29-23(26)22-17(16-6-3-4-7-18(16)33-22)14-32-21(25)13-24-34(27,28)15-8-9-19-20(12-15)31-11-5-10-30-19/h3-4,6-9,12,24H,2,5,10-11,13-14H2,1H3. The number of benzene rings is 2. The average Bonchev–Trinajstić information content (AvgIpc) is 3.03. The summed E-state index contributed by atoms with van der Waals surface area (Å²) in [4.78, 5) is 24.5. The quantitative estimate of drug-likeness (QED) is 0.475. The molecule has 2 aromatic carbocycles. The van der Waals surface area contributed by atoms with Crippen LogP contribution in [-0.4, -0.2) is 46.7 Å². The number of ether oxygens (including phenoxy) is 4. The van der Waals surface area contributed by atoms with Gasteiger partial charge in [-0.25, -0.2) is 13.2 Å². The number of esters is 2. The van der Waals surface area contributed by atoms with Gasteiger partial charge in [0.2, 0.25) is 15.8 Å². The summed E-state index contributed by atoms with van der Waals surface area (Å²) in [6, 6.07) is 11.1. The van der Waals surface area contributed by atoms with Gasteiger partial charge in [-0.05, 0) is 25.1 Å². The van der Waals surface area contributed by atoms with Crippen molar-refractivity contribution in [3.05, 3.63) is 53.8 Å². The zero-order valence-electron chi connectivity index (χ0n) is 18.4. The predicted molar refractivity (Wildman–Crippen MR) is 119 cm³/mol. The second kappa shape index (κ2) is 10.1. The molecule has 2 heterocycles. The Bertz CT molecular complexity index is 1310. The fourth-order valence-electron chi connectivity index (χ4n) is 3.36. The van der Waals surface area contributed by atoms with Crippen LogP contribution >= 0.6 is 0 Å². The van der Waals surface area contributed by atoms with Gasteiger partial charge in [-0.15, -0.1) is 0 Å². The molecule has 0 saturated heterocycles. The van der Waals surface area contributed by atoms with Crippen LogP contribution in [0.2, 0.25) is 0 Å². The maximum Gasteiger partial charge on any atom is 0.374 e. The van der Waals surface area contributed by atoms with Gasteiger partial charge in [0.05, 0.1) is 30.3 Å². The summed E-state index contributed by atoms with van der Waals surface area (Å²) >= 11 is 0. The third-order valence-corrected chi connectivity index (χ3v) is 6.37. The van der Waals surface area contributed by atoms with Gasteiger partial charge in [0.25, 0.3) is 0 Å². The number of para-hydroxylation sites is 1. The van der Waals surface area contributed by atoms with Gasteiger partial charge < -0.3 is 23.4 Å². The monoisotopic (exact) mass is 489 g/mol. The summed E-state index contributed by atoms with van der Waals surface area (Å²) in [6.07, 6.45) is 0.685. The van der Waals surface area contributed by atoms with Crippen LogP contribution in [0.3, 0.4) is 0 Å². The molecule has 0 amide bonds. The first-order valence-electron chi connectivity index (χ1n) is 10.6. The van der Waals surface area contributed by atoms with Crippen molar-refractivity contribution in [3.63, 3.8) is 0 Å². The Morgan fingerprint density at radius 3 is 2.59 bits per heavy atom. The van der Waals surface area contributed by atoms with Gasteiger partial charge >= 0.3 is 11.9 Å². The number of fused-ring (bicyclic) bond motifs is 2. The Morgan fingerprint density at radius 2 is 1.79 bits per heavy atom. The van der Waals surface area contributed by atoms with Crippen molar-refractivity contribution in [1.82, 2.24) is 4.72 Å². The lowest BCUT2D eigenvalue weighted by Gasteiger charge is -2.11. The third kappa shape index (κ3) is 5.15. The minimum absolute atomic E-state index is 0.0661. The summed E-state index contributed by atoms with van der Waals surface area (Å²) in [5.74, 6) is -0.802. The van der Waals surface area contributed by atoms with Crippen LogP contribution in [0.15, 0.2) is 51.8 Å². The lowest BCUT2D eigenvalue weighted by molar-refractivity contribution is -0.143. The normalized spacial score (nSPS) is 13.3. The summed E-state index contributed by atoms with van der Waals surface area (Å²) in [5.41, 5.74) is 0.778. The van der Waals surface area contributed by atoms with Crippen molar-refractivity contribution in [3.8, 4) is 11.5 Å². The van der Waals surface area contributed by atoms with Crippen LogP contribution in [0, 0.1) is 0 Å². The molecule has 0 fully saturated rings. The van der Waals surface area contributed by atoms with E-state index in [0.717, 1.165) is 0 Å². The lowest BCUT2D eigenvalue weighted by atomic mass is 10.1. The van der Waals surface area contributed by atoms with Crippen molar-refractivity contribution < 1.29 is 41.4 Å². The molecule has 1 N–H and O–H groups in total. The molecular weight excluding hydrogens is 466 g/mol. The first-order valence-corrected chi connectivity index (χ1v) is 12.1. The van der Waals surface area contributed by atoms with E-state index < -0.39 is 28.5 Å². The Kier molecular flexibility index (Phi) is 7.03. The molecule has 180 valence electrons. The van der Waals surface area contributed by atoms with Gasteiger partial charge in [0.15, 0.2) is 11.5 Å². The van der Waals surface area contributed by atoms with Crippen LogP contribution in [0.5, 0.6) is 11.5 Å². The van der Waals surface area contributed by atoms with Crippen molar-refractivity contribution in [2.45, 2.75) is 24.8 Å². The molecule has 1 aliphatic rings. The van der Waals surface area contributed by atoms with E-state index in [9.17, 15) is 18.0 Å². The number of carbonyl (C=O) groups excluding carboxylic acids is 2. The van der Waals surface area contributed by atoms with E-state index in [4.69, 9.17) is 23.4 Å². The average molecular weight is 490 g/mol. The largest absolute Gasteiger partial charge is 0.490 e. The zero-order valence-corrected chi connectivity index (χ0v) is 19.2. The van der Waals surface area contributed by atoms with Gasteiger partial charge in [-0.2, -0.15) is 4.72 Å². The highest BCUT2D eigenvalue weighted by Crippen LogP contribution is 2.32. The van der Waals surface area contributed by atoms with Gasteiger partial charge in [-0.1, -0.05) is 18.2 Å². The molecule has 0 bridgehead atoms. The van der Waals surface area contributed by atoms with Gasteiger partial charge in [0, 0.05) is 17.9 Å². The van der Waals surface area contributed by atoms with Crippen molar-refractivity contribution in [1.29, 1.82) is 0 Å². The van der Waals surface area contributed by atoms with Crippen LogP contribution < -0.4 is 14.2 Å². The summed E-state index contributed by atoms with van der Waals surface area (Å²) < 4.78 is 54.3. The molecule has 0 aliphatic carbocycles. The molecule has 0 spiro atoms. The summed E-state index contributed by atoms with van der Waals surface area (Å²) in [6.45, 7) is 1.79. The number of rotatable bonds is 8. The molecule has 0 radical (unpaired) electrons. The molecule has 11 heteroatoms. The smallest absolute Gasteiger partial charge is 0.374 e. The number of hydrogen-bond acceptors (Lipinski definition) is 9. The molecule has 10 nitrogen and oxygen atoms in total. The second-order valence-corrected chi connectivity index (χ2v) is 9.04. The highest BCUT2D eigenvalue weighted by Gasteiger charge is 2.24. The van der Waals surface area contributed by atoms with Crippen LogP contribution in [0.4, 0.5) is 0 Å². The summed E-state index contributed by atoms with van der Waals surface area (Å²) in [5, 5.41) is 0.589. The second-order valence-electron chi connectivity index (χ2n) is 7.27. The maximum absolute atomic E-state index is 12.6. The molecule has 0 unspecified atom stereocenters. The van der Waals surface area contributed by atoms with Crippen molar-refractivity contribution in [2.24, 2.45) is 0 Å². The number of hydrogen-bond donors (Lipinski definition) is 1. The van der Waals surface area contributed by atoms with Crippen molar-refractivity contribution in [2.75, 3.05) is 26.4 Å². The fraction of sp³-hybridized carbons (Fsp3) is 0.304. The lowest BCUT2D eigenvalue weighted by Crippen LogP contribution is -2.30. The number of furan rings is 1. The van der Waals surface area contributed by atoms with E-state index in [1.807, 2.05) is 0 Å². The van der Waals surface area contributed by atoms with Crippen molar-refractivity contribution >= 4 is 32.9 Å². The van der Waals surface area contributed by atoms with Gasteiger partial charge in [-0.3, -0.25) is 4.79 Å². The first kappa shape index (κ1) is 23.6. The highest BCUT2D eigenvalue weighted by molar-refractivity contribution is 7.89. The minimum Gasteiger partial charge on any atom is -0.490 e. The highest BCUT2D eigenvalue weighted by atomic mass is 32.2. The fourth-order valence-corrected chi connectivity index (χ4v) is 4.34. The Balaban J connectivity index is 1.42. The Labute approximate surface area is 195 Å². The van der Waals surface area contributed by atoms with E-state index >= 15 is 0 Å². The summed E-state index contributed by atoms with van der Waals surface area (Å²) in [7, 11) is -4.02. The Morgan fingerprint density at radius 1 is 1.03 bits per heavy atom. The molecule has 1 aromatic heterocycles. The maximum atomic E-state index is 12.6. The predicted octanol–water partition coefficient (Wildman–Crippen LogP) is 2.79. The van der Waals surface area contributed by atoms with E-state index in [1.165, 1.54) is 18.2 Å². The first-order chi connectivity index (χ1) is 16.4. The SMILES string of the molecule is CCOC(=O)c1oc2ccccc2c1COC(=O)CNS(=O)(=O)c1ccc2c(c1)OCCCO2. The molecule has 3 aromatic rings. The molecule has 0 saturated carbocycles. The third-order valence-electron chi connectivity index (χ3n) is 4.97. The van der Waals surface area contributed by atoms with Crippen LogP contribution in [-0.2, 0) is 30.9 Å². The molecule has 4 rings (SSSR count). The molecule has 0 atom stereocenters. The van der Waals surface area contributed by atoms with E-state index in [2.05, 4.69) is 4.72 Å². The van der Waals surface area contributed by atoms with Gasteiger partial charge in [0.1, 0.15) is 18.7 Å². The topological polar surface area (TPSA) is 130 Å². The van der Waals surface area contributed by atoms with Crippen LogP contribution in [0.25, 0.3) is 11.0 Å². The molecule has 34 heavy (non-hydrogen) atoms. The number of nitrogens with one attached hydrogen (secondary N) is 1. The number of sulfonamides is 1. The van der Waals surface area contributed by atoms with E-state index in [1.54, 1.807) is 31.2 Å². The molecule has 1 aliphatic heterocycles. The number of carbonyl (C=O) groups is 2. The Hall–Kier alpha value is -3.57.